The predicted molar refractivity (Wildman–Crippen MR) is 394 cm³/mol. The summed E-state index contributed by atoms with van der Waals surface area (Å²) in [5.74, 6) is -2.75. The Kier molecular flexibility index (Phi) is 43.4. The number of ether oxygens (including phenoxy) is 6. The van der Waals surface area contributed by atoms with Gasteiger partial charge >= 0.3 is 23.5 Å². The van der Waals surface area contributed by atoms with Crippen molar-refractivity contribution >= 4 is 58.5 Å². The van der Waals surface area contributed by atoms with Crippen LogP contribution in [0.15, 0.2) is 0 Å². The number of amides is 3. The van der Waals surface area contributed by atoms with Gasteiger partial charge in [0.25, 0.3) is 0 Å². The van der Waals surface area contributed by atoms with Crippen LogP contribution in [0.1, 0.15) is 213 Å². The maximum absolute atomic E-state index is 14.1. The van der Waals surface area contributed by atoms with E-state index in [-0.39, 0.29) is 114 Å². The molecule has 0 saturated carbocycles. The lowest BCUT2D eigenvalue weighted by Gasteiger charge is -2.40. The molecule has 40 heteroatoms. The third-order valence-corrected chi connectivity index (χ3v) is 24.3. The van der Waals surface area contributed by atoms with Crippen LogP contribution in [0.5, 0.6) is 0 Å². The quantitative estimate of drug-likeness (QED) is 0.0307. The molecule has 3 amide bonds. The van der Waals surface area contributed by atoms with Crippen LogP contribution in [0, 0.1) is 17.8 Å². The molecule has 6 aliphatic heterocycles. The van der Waals surface area contributed by atoms with Crippen molar-refractivity contribution in [1.29, 1.82) is 0 Å². The SMILES string of the molecule is CC1C(OCCCCC(=O)CCCCCCC(=O)N2CC(O)C[C@H]2COP(=O)(O)O[C@@H]2C[C@@H](COP(=O)(O)O[C@@H]3C[C@@H](COP(=O)(O)O)N(C(=O)CCCCCCC(=O)CCCCOC4OC(CO)C(O)C(O)C4C)C3)N(C(=O)CCCCCCC(=O)CCCCOC3OC(CO)C(O)C(O)C3C)C2)OC(CO)C(O)C1O. The summed E-state index contributed by atoms with van der Waals surface area (Å²) >= 11 is 0. The fourth-order valence-electron chi connectivity index (χ4n) is 14.9. The molecule has 14 N–H and O–H groups in total. The van der Waals surface area contributed by atoms with Crippen molar-refractivity contribution in [3.8, 4) is 0 Å². The maximum Gasteiger partial charge on any atom is 0.472 e. The number of phosphoric acid groups is 3. The Balaban J connectivity index is 0.943. The van der Waals surface area contributed by atoms with E-state index >= 15 is 0 Å². The number of carbonyl (C=O) groups is 6. The van der Waals surface area contributed by atoms with E-state index in [4.69, 9.17) is 51.0 Å². The van der Waals surface area contributed by atoms with Crippen LogP contribution in [-0.4, -0.2) is 310 Å². The molecule has 37 nitrogen and oxygen atoms in total. The number of aliphatic hydroxyl groups excluding tert-OH is 10. The molecular formula is C72H128N3O34P3. The van der Waals surface area contributed by atoms with E-state index in [1.165, 1.54) is 14.7 Å². The normalized spacial score (nSPS) is 31.6. The number of phosphoric ester groups is 3. The Labute approximate surface area is 655 Å². The highest BCUT2D eigenvalue weighted by atomic mass is 31.2. The van der Waals surface area contributed by atoms with Gasteiger partial charge in [0.05, 0.1) is 94.4 Å². The first kappa shape index (κ1) is 97.9. The lowest BCUT2D eigenvalue weighted by atomic mass is 9.92. The summed E-state index contributed by atoms with van der Waals surface area (Å²) in [6.45, 7) is 1.71. The minimum Gasteiger partial charge on any atom is -0.394 e. The summed E-state index contributed by atoms with van der Waals surface area (Å²) in [4.78, 5) is 125. The standard InChI is InChI=1S/C72H128N3O34P3/c1-46-64(86)67(89)58(40-76)105-70(46)99-31-19-16-25-52(79)22-10-4-7-13-28-61(83)73-37-55(82)34-49(73)44-103-111(95,96)109-57-36-51(75(39-57)63(85)30-15-9-6-12-24-54(81)27-18-21-33-101-72-48(3)66(88)69(91)60(42-78)107-72)45-104-112(97,98)108-56-35-50(43-102-110(92,93)94)74(38-56)62(84)29-14-8-5-11-23-53(80)26-17-20-32-100-71-47(2)65(87)68(90)59(41-77)106-71/h46-51,55-60,64-72,76-78,82,86-91H,4-45H2,1-3H3,(H,95,96)(H,97,98)(H2,92,93,94)/t46?,47?,48?,49-,50-,51-,55?,56+,57+,58?,59?,60?,64?,65?,66?,67?,68?,69?,70?,71?,72?/m0/s1. The van der Waals surface area contributed by atoms with Gasteiger partial charge in [-0.25, -0.2) is 13.7 Å². The Hall–Kier alpha value is -2.89. The summed E-state index contributed by atoms with van der Waals surface area (Å²) in [7, 11) is -15.2. The average molecular weight is 1670 g/mol. The van der Waals surface area contributed by atoms with Crippen molar-refractivity contribution in [2.45, 2.75) is 324 Å². The number of aliphatic hydroxyl groups is 10. The Morgan fingerprint density at radius 3 is 0.920 bits per heavy atom. The van der Waals surface area contributed by atoms with Gasteiger partial charge in [0.1, 0.15) is 54.0 Å². The molecule has 6 fully saturated rings. The lowest BCUT2D eigenvalue weighted by Crippen LogP contribution is -2.55. The summed E-state index contributed by atoms with van der Waals surface area (Å²) in [6, 6.07) is -2.89. The molecule has 23 atom stereocenters. The van der Waals surface area contributed by atoms with Gasteiger partial charge in [-0.3, -0.25) is 51.4 Å². The molecule has 0 aromatic heterocycles. The molecule has 0 radical (unpaired) electrons. The van der Waals surface area contributed by atoms with E-state index in [0.717, 1.165) is 0 Å². The first-order chi connectivity index (χ1) is 53.1. The average Bonchev–Trinajstić information content (AvgIpc) is 0.907. The smallest absolute Gasteiger partial charge is 0.394 e. The van der Waals surface area contributed by atoms with Crippen LogP contribution in [0.3, 0.4) is 0 Å². The topological polar surface area (TPSA) is 548 Å². The molecule has 0 aromatic carbocycles. The fraction of sp³-hybridized carbons (Fsp3) is 0.917. The molecule has 650 valence electrons. The van der Waals surface area contributed by atoms with Gasteiger partial charge in [-0.1, -0.05) is 59.3 Å². The second-order valence-electron chi connectivity index (χ2n) is 30.8. The molecule has 6 rings (SSSR count). The third-order valence-electron chi connectivity index (χ3n) is 21.7. The second kappa shape index (κ2) is 49.6. The fourth-order valence-corrected chi connectivity index (χ4v) is 17.2. The minimum absolute atomic E-state index is 0.0244. The number of rotatable bonds is 55. The Morgan fingerprint density at radius 2 is 0.625 bits per heavy atom. The van der Waals surface area contributed by atoms with Crippen LogP contribution >= 0.6 is 23.5 Å². The Bertz CT molecular complexity index is 2980. The van der Waals surface area contributed by atoms with Crippen molar-refractivity contribution in [2.24, 2.45) is 17.8 Å². The van der Waals surface area contributed by atoms with E-state index < -0.39 is 203 Å². The highest BCUT2D eigenvalue weighted by Crippen LogP contribution is 2.50. The van der Waals surface area contributed by atoms with Crippen LogP contribution < -0.4 is 0 Å². The predicted octanol–water partition coefficient (Wildman–Crippen LogP) is 2.78. The zero-order chi connectivity index (χ0) is 82.3. The number of unbranched alkanes of at least 4 members (excludes halogenated alkanes) is 12. The van der Waals surface area contributed by atoms with Crippen LogP contribution in [0.4, 0.5) is 0 Å². The number of hydrogen-bond donors (Lipinski definition) is 14. The van der Waals surface area contributed by atoms with Gasteiger partial charge < -0.3 is 114 Å². The number of likely N-dealkylation sites (tertiary alicyclic amines) is 3. The minimum atomic E-state index is -5.11. The molecular weight excluding hydrogens is 1540 g/mol. The third kappa shape index (κ3) is 33.4. The summed E-state index contributed by atoms with van der Waals surface area (Å²) in [6.07, 6.45) is -4.87. The van der Waals surface area contributed by atoms with Gasteiger partial charge in [0.2, 0.25) is 17.7 Å². The van der Waals surface area contributed by atoms with E-state index in [1.54, 1.807) is 20.8 Å². The van der Waals surface area contributed by atoms with Gasteiger partial charge in [-0.05, 0) is 96.3 Å². The van der Waals surface area contributed by atoms with Gasteiger partial charge in [0, 0.05) is 115 Å². The van der Waals surface area contributed by atoms with Crippen LogP contribution in [-0.2, 0) is 93.5 Å². The highest BCUT2D eigenvalue weighted by molar-refractivity contribution is 7.47. The molecule has 6 saturated heterocycles. The van der Waals surface area contributed by atoms with Crippen molar-refractivity contribution in [3.05, 3.63) is 0 Å². The van der Waals surface area contributed by atoms with E-state index in [0.29, 0.717) is 141 Å². The molecule has 0 aromatic rings. The Morgan fingerprint density at radius 1 is 0.357 bits per heavy atom. The molecule has 6 aliphatic rings. The van der Waals surface area contributed by atoms with Gasteiger partial charge in [-0.2, -0.15) is 0 Å². The summed E-state index contributed by atoms with van der Waals surface area (Å²) < 4.78 is 100. The number of β-amino-alcohol motifs (C(OH)–C–C–N with tert-alkyl or cyclic N) is 1. The number of nitrogens with zero attached hydrogens (tertiary/aromatic N) is 3. The molecule has 0 bridgehead atoms. The zero-order valence-corrected chi connectivity index (χ0v) is 67.6. The molecule has 18 unspecified atom stereocenters. The highest BCUT2D eigenvalue weighted by Gasteiger charge is 2.48. The lowest BCUT2D eigenvalue weighted by molar-refractivity contribution is -0.282. The van der Waals surface area contributed by atoms with E-state index in [1.807, 2.05) is 0 Å². The number of Topliss-reactive ketones (excluding diaryl/α,β-unsaturated/α-hetero) is 3. The van der Waals surface area contributed by atoms with E-state index in [2.05, 4.69) is 0 Å². The number of ketones is 3. The summed E-state index contributed by atoms with van der Waals surface area (Å²) in [5.41, 5.74) is 0. The first-order valence-electron chi connectivity index (χ1n) is 40.0. The summed E-state index contributed by atoms with van der Waals surface area (Å²) in [5, 5.41) is 100. The first-order valence-corrected chi connectivity index (χ1v) is 44.5. The van der Waals surface area contributed by atoms with E-state index in [9.17, 15) is 113 Å². The number of hydrogen-bond acceptors (Lipinski definition) is 30. The van der Waals surface area contributed by atoms with Gasteiger partial charge in [0.15, 0.2) is 18.9 Å². The second-order valence-corrected chi connectivity index (χ2v) is 34.8. The van der Waals surface area contributed by atoms with Gasteiger partial charge in [-0.15, -0.1) is 0 Å². The van der Waals surface area contributed by atoms with Crippen LogP contribution in [0.25, 0.3) is 0 Å². The maximum atomic E-state index is 14.1. The molecule has 6 heterocycles. The molecule has 0 aliphatic carbocycles. The largest absolute Gasteiger partial charge is 0.472 e. The molecule has 0 spiro atoms. The number of carbonyl (C=O) groups excluding carboxylic acids is 6. The van der Waals surface area contributed by atoms with Crippen molar-refractivity contribution in [1.82, 2.24) is 14.7 Å². The zero-order valence-electron chi connectivity index (χ0n) is 64.9. The van der Waals surface area contributed by atoms with Crippen molar-refractivity contribution in [2.75, 3.05) is 79.1 Å². The van der Waals surface area contributed by atoms with Crippen molar-refractivity contribution < 1.29 is 164 Å². The monoisotopic (exact) mass is 1670 g/mol. The van der Waals surface area contributed by atoms with Crippen LogP contribution in [0.2, 0.25) is 0 Å². The molecule has 112 heavy (non-hydrogen) atoms. The van der Waals surface area contributed by atoms with Crippen molar-refractivity contribution in [3.63, 3.8) is 0 Å².